The van der Waals surface area contributed by atoms with E-state index in [1.54, 1.807) is 30.3 Å². The summed E-state index contributed by atoms with van der Waals surface area (Å²) >= 11 is 7.21. The van der Waals surface area contributed by atoms with Crippen molar-refractivity contribution in [2.24, 2.45) is 0 Å². The number of nitrogens with zero attached hydrogens (tertiary/aromatic N) is 1. The molecule has 0 atom stereocenters. The van der Waals surface area contributed by atoms with E-state index in [2.05, 4.69) is 10.3 Å². The maximum atomic E-state index is 12.8. The van der Waals surface area contributed by atoms with E-state index in [9.17, 15) is 9.18 Å². The number of carbonyl (C=O) groups excluding carboxylic acids is 1. The molecule has 0 aliphatic rings. The number of amides is 1. The fourth-order valence-electron chi connectivity index (χ4n) is 1.90. The second kappa shape index (κ2) is 6.25. The van der Waals surface area contributed by atoms with Crippen LogP contribution in [-0.2, 0) is 4.79 Å². The Hall–Kier alpha value is -2.24. The minimum Gasteiger partial charge on any atom is -0.322 e. The lowest BCUT2D eigenvalue weighted by Crippen LogP contribution is -2.07. The normalized spacial score (nSPS) is 11.2. The summed E-state index contributed by atoms with van der Waals surface area (Å²) in [5.74, 6) is -0.572. The molecule has 0 aliphatic heterocycles. The molecule has 0 saturated carbocycles. The molecule has 0 saturated heterocycles. The molecular formula is C16H10ClFN2OS. The van der Waals surface area contributed by atoms with Gasteiger partial charge in [0.1, 0.15) is 5.82 Å². The number of anilines is 1. The number of fused-ring (bicyclic) bond motifs is 1. The highest BCUT2D eigenvalue weighted by atomic mass is 35.5. The van der Waals surface area contributed by atoms with Crippen LogP contribution in [0.25, 0.3) is 16.3 Å². The van der Waals surface area contributed by atoms with Gasteiger partial charge in [0.25, 0.3) is 0 Å². The number of benzene rings is 2. The molecule has 1 amide bonds. The van der Waals surface area contributed by atoms with E-state index in [1.165, 1.54) is 29.5 Å². The highest BCUT2D eigenvalue weighted by Gasteiger charge is 2.04. The van der Waals surface area contributed by atoms with E-state index in [0.29, 0.717) is 10.2 Å². The molecule has 1 heterocycles. The number of thiazole rings is 1. The summed E-state index contributed by atoms with van der Waals surface area (Å²) in [7, 11) is 0. The van der Waals surface area contributed by atoms with E-state index in [4.69, 9.17) is 11.6 Å². The second-order valence-electron chi connectivity index (χ2n) is 4.52. The number of carbonyl (C=O) groups is 1. The number of hydrogen-bond acceptors (Lipinski definition) is 3. The van der Waals surface area contributed by atoms with Gasteiger partial charge in [0.15, 0.2) is 4.47 Å². The number of aromatic nitrogens is 1. The zero-order valence-corrected chi connectivity index (χ0v) is 12.8. The third-order valence-electron chi connectivity index (χ3n) is 2.93. The highest BCUT2D eigenvalue weighted by molar-refractivity contribution is 7.22. The third-order valence-corrected chi connectivity index (χ3v) is 4.05. The number of hydrogen-bond donors (Lipinski definition) is 1. The standard InChI is InChI=1S/C16H10ClFN2OS/c17-16-20-13-7-6-12(9-14(13)22-16)19-15(21)8-3-10-1-4-11(18)5-2-10/h1-9H,(H,19,21)/b8-3+. The Labute approximate surface area is 135 Å². The van der Waals surface area contributed by atoms with Crippen LogP contribution in [0.4, 0.5) is 10.1 Å². The number of rotatable bonds is 3. The summed E-state index contributed by atoms with van der Waals surface area (Å²) in [5, 5.41) is 2.76. The van der Waals surface area contributed by atoms with Gasteiger partial charge in [-0.05, 0) is 42.0 Å². The number of halogens is 2. The monoisotopic (exact) mass is 332 g/mol. The zero-order chi connectivity index (χ0) is 15.5. The lowest BCUT2D eigenvalue weighted by Gasteiger charge is -2.01. The lowest BCUT2D eigenvalue weighted by atomic mass is 10.2. The molecule has 3 aromatic rings. The van der Waals surface area contributed by atoms with Crippen molar-refractivity contribution >= 4 is 50.8 Å². The van der Waals surface area contributed by atoms with Crippen LogP contribution in [-0.4, -0.2) is 10.9 Å². The zero-order valence-electron chi connectivity index (χ0n) is 11.2. The van der Waals surface area contributed by atoms with Gasteiger partial charge >= 0.3 is 0 Å². The van der Waals surface area contributed by atoms with Crippen molar-refractivity contribution in [3.05, 3.63) is 64.4 Å². The summed E-state index contributed by atoms with van der Waals surface area (Å²) < 4.78 is 14.2. The van der Waals surface area contributed by atoms with E-state index < -0.39 is 0 Å². The predicted octanol–water partition coefficient (Wildman–Crippen LogP) is 4.74. The Balaban J connectivity index is 1.70. The first-order chi connectivity index (χ1) is 10.6. The molecule has 0 aliphatic carbocycles. The van der Waals surface area contributed by atoms with Crippen LogP contribution in [0.2, 0.25) is 4.47 Å². The van der Waals surface area contributed by atoms with Gasteiger partial charge in [0.2, 0.25) is 5.91 Å². The third kappa shape index (κ3) is 3.50. The first-order valence-electron chi connectivity index (χ1n) is 6.41. The topological polar surface area (TPSA) is 42.0 Å². The molecule has 0 bridgehead atoms. The van der Waals surface area contributed by atoms with E-state index in [1.807, 2.05) is 6.07 Å². The molecule has 6 heteroatoms. The molecule has 3 nitrogen and oxygen atoms in total. The Kier molecular flexibility index (Phi) is 4.18. The Morgan fingerprint density at radius 3 is 2.77 bits per heavy atom. The summed E-state index contributed by atoms with van der Waals surface area (Å²) in [6, 6.07) is 11.3. The van der Waals surface area contributed by atoms with E-state index >= 15 is 0 Å². The van der Waals surface area contributed by atoms with Gasteiger partial charge in [-0.1, -0.05) is 23.7 Å². The summed E-state index contributed by atoms with van der Waals surface area (Å²) in [4.78, 5) is 16.0. The summed E-state index contributed by atoms with van der Waals surface area (Å²) in [6.45, 7) is 0. The summed E-state index contributed by atoms with van der Waals surface area (Å²) in [5.41, 5.74) is 2.22. The minimum atomic E-state index is -0.307. The van der Waals surface area contributed by atoms with Crippen molar-refractivity contribution in [1.82, 2.24) is 4.98 Å². The van der Waals surface area contributed by atoms with Gasteiger partial charge in [0.05, 0.1) is 10.2 Å². The van der Waals surface area contributed by atoms with Crippen LogP contribution in [0.5, 0.6) is 0 Å². The highest BCUT2D eigenvalue weighted by Crippen LogP contribution is 2.27. The van der Waals surface area contributed by atoms with Crippen LogP contribution < -0.4 is 5.32 Å². The maximum Gasteiger partial charge on any atom is 0.248 e. The molecule has 2 aromatic carbocycles. The molecule has 110 valence electrons. The van der Waals surface area contributed by atoms with Crippen LogP contribution in [0.1, 0.15) is 5.56 Å². The Morgan fingerprint density at radius 2 is 2.00 bits per heavy atom. The average molecular weight is 333 g/mol. The van der Waals surface area contributed by atoms with E-state index in [-0.39, 0.29) is 11.7 Å². The quantitative estimate of drug-likeness (QED) is 0.704. The van der Waals surface area contributed by atoms with Crippen molar-refractivity contribution in [2.45, 2.75) is 0 Å². The van der Waals surface area contributed by atoms with Gasteiger partial charge < -0.3 is 5.32 Å². The molecule has 22 heavy (non-hydrogen) atoms. The van der Waals surface area contributed by atoms with Gasteiger partial charge in [-0.15, -0.1) is 11.3 Å². The Bertz CT molecular complexity index is 858. The van der Waals surface area contributed by atoms with Gasteiger partial charge in [-0.25, -0.2) is 9.37 Å². The SMILES string of the molecule is O=C(/C=C/c1ccc(F)cc1)Nc1ccc2nc(Cl)sc2c1. The molecule has 0 fully saturated rings. The molecule has 0 unspecified atom stereocenters. The van der Waals surface area contributed by atoms with Crippen molar-refractivity contribution in [2.75, 3.05) is 5.32 Å². The fourth-order valence-corrected chi connectivity index (χ4v) is 2.97. The molecule has 0 radical (unpaired) electrons. The minimum absolute atomic E-state index is 0.265. The second-order valence-corrected chi connectivity index (χ2v) is 6.14. The lowest BCUT2D eigenvalue weighted by molar-refractivity contribution is -0.111. The molecular weight excluding hydrogens is 323 g/mol. The van der Waals surface area contributed by atoms with Crippen LogP contribution >= 0.6 is 22.9 Å². The maximum absolute atomic E-state index is 12.8. The fraction of sp³-hybridized carbons (Fsp3) is 0. The average Bonchev–Trinajstić information content (AvgIpc) is 2.86. The smallest absolute Gasteiger partial charge is 0.248 e. The van der Waals surface area contributed by atoms with Crippen LogP contribution in [0.15, 0.2) is 48.5 Å². The first kappa shape index (κ1) is 14.7. The van der Waals surface area contributed by atoms with Gasteiger partial charge in [-0.3, -0.25) is 4.79 Å². The Morgan fingerprint density at radius 1 is 1.23 bits per heavy atom. The van der Waals surface area contributed by atoms with Gasteiger partial charge in [0, 0.05) is 11.8 Å². The van der Waals surface area contributed by atoms with Crippen molar-refractivity contribution in [3.63, 3.8) is 0 Å². The van der Waals surface area contributed by atoms with Crippen molar-refractivity contribution < 1.29 is 9.18 Å². The molecule has 1 N–H and O–H groups in total. The van der Waals surface area contributed by atoms with Crippen LogP contribution in [0.3, 0.4) is 0 Å². The van der Waals surface area contributed by atoms with Crippen molar-refractivity contribution in [3.8, 4) is 0 Å². The molecule has 0 spiro atoms. The van der Waals surface area contributed by atoms with Crippen LogP contribution in [0, 0.1) is 5.82 Å². The van der Waals surface area contributed by atoms with E-state index in [0.717, 1.165) is 15.8 Å². The summed E-state index contributed by atoms with van der Waals surface area (Å²) in [6.07, 6.45) is 3.02. The molecule has 3 rings (SSSR count). The predicted molar refractivity (Wildman–Crippen MR) is 88.7 cm³/mol. The largest absolute Gasteiger partial charge is 0.322 e. The number of nitrogens with one attached hydrogen (secondary N) is 1. The van der Waals surface area contributed by atoms with Gasteiger partial charge in [-0.2, -0.15) is 0 Å². The molecule has 1 aromatic heterocycles. The van der Waals surface area contributed by atoms with Crippen molar-refractivity contribution in [1.29, 1.82) is 0 Å². The first-order valence-corrected chi connectivity index (χ1v) is 7.60.